The topological polar surface area (TPSA) is 39.2 Å². The van der Waals surface area contributed by atoms with Crippen molar-refractivity contribution in [3.8, 4) is 0 Å². The van der Waals surface area contributed by atoms with Crippen molar-refractivity contribution in [2.75, 3.05) is 0 Å². The first kappa shape index (κ1) is 11.0. The molecule has 1 aromatic heterocycles. The highest BCUT2D eigenvalue weighted by Gasteiger charge is 2.11. The molecule has 0 fully saturated rings. The maximum Gasteiger partial charge on any atom is 0.0953 e. The zero-order valence-electron chi connectivity index (χ0n) is 7.78. The van der Waals surface area contributed by atoms with E-state index in [1.165, 1.54) is 0 Å². The van der Waals surface area contributed by atoms with Gasteiger partial charge in [0.2, 0.25) is 0 Å². The summed E-state index contributed by atoms with van der Waals surface area (Å²) in [4.78, 5) is 0. The Labute approximate surface area is 107 Å². The molecule has 1 aromatic carbocycles. The lowest BCUT2D eigenvalue weighted by Gasteiger charge is -2.10. The Morgan fingerprint density at radius 2 is 2.07 bits per heavy atom. The number of halogens is 2. The summed E-state index contributed by atoms with van der Waals surface area (Å²) in [6, 6.07) is 7.50. The van der Waals surface area contributed by atoms with Crippen LogP contribution in [0.15, 0.2) is 41.2 Å². The van der Waals surface area contributed by atoms with Crippen LogP contribution in [0.25, 0.3) is 0 Å². The van der Waals surface area contributed by atoms with Crippen molar-refractivity contribution in [3.63, 3.8) is 0 Å². The average molecular weight is 334 g/mol. The highest BCUT2D eigenvalue weighted by Crippen LogP contribution is 2.25. The van der Waals surface area contributed by atoms with E-state index in [1.54, 1.807) is 12.5 Å². The molecule has 2 nitrogen and oxygen atoms in total. The fourth-order valence-corrected chi connectivity index (χ4v) is 1.87. The molecular weight excluding hydrogens is 324 g/mol. The van der Waals surface area contributed by atoms with Gasteiger partial charge < -0.3 is 10.2 Å². The Bertz CT molecular complexity index is 456. The van der Waals surface area contributed by atoms with Gasteiger partial charge in [-0.15, -0.1) is 0 Å². The first-order valence-corrected chi connectivity index (χ1v) is 5.87. The number of nitrogens with two attached hydrogens (primary N) is 1. The minimum Gasteiger partial charge on any atom is -0.472 e. The third-order valence-corrected chi connectivity index (χ3v) is 3.78. The zero-order chi connectivity index (χ0) is 10.8. The van der Waals surface area contributed by atoms with Gasteiger partial charge in [-0.25, -0.2) is 0 Å². The van der Waals surface area contributed by atoms with E-state index in [1.807, 2.05) is 24.3 Å². The molecule has 0 aliphatic carbocycles. The number of rotatable bonds is 2. The minimum absolute atomic E-state index is 0.182. The first-order valence-electron chi connectivity index (χ1n) is 4.41. The highest BCUT2D eigenvalue weighted by atomic mass is 127. The fourth-order valence-electron chi connectivity index (χ4n) is 1.35. The Hall–Kier alpha value is -0.520. The average Bonchev–Trinajstić information content (AvgIpc) is 2.74. The lowest BCUT2D eigenvalue weighted by Crippen LogP contribution is -2.10. The van der Waals surface area contributed by atoms with E-state index in [0.29, 0.717) is 0 Å². The molecule has 0 spiro atoms. The van der Waals surface area contributed by atoms with E-state index in [-0.39, 0.29) is 6.04 Å². The Kier molecular flexibility index (Phi) is 3.33. The van der Waals surface area contributed by atoms with E-state index in [4.69, 9.17) is 21.8 Å². The molecule has 0 bridgehead atoms. The highest BCUT2D eigenvalue weighted by molar-refractivity contribution is 14.1. The summed E-state index contributed by atoms with van der Waals surface area (Å²) in [6.45, 7) is 0. The first-order chi connectivity index (χ1) is 7.18. The summed E-state index contributed by atoms with van der Waals surface area (Å²) in [7, 11) is 0. The fraction of sp³-hybridized carbons (Fsp3) is 0.0909. The van der Waals surface area contributed by atoms with Crippen molar-refractivity contribution in [2.45, 2.75) is 6.04 Å². The summed E-state index contributed by atoms with van der Waals surface area (Å²) < 4.78 is 6.02. The third kappa shape index (κ3) is 2.35. The van der Waals surface area contributed by atoms with Crippen LogP contribution >= 0.6 is 34.2 Å². The molecule has 0 amide bonds. The van der Waals surface area contributed by atoms with Gasteiger partial charge in [-0.05, 0) is 46.4 Å². The van der Waals surface area contributed by atoms with Gasteiger partial charge in [0.25, 0.3) is 0 Å². The number of benzene rings is 1. The van der Waals surface area contributed by atoms with Gasteiger partial charge in [-0.3, -0.25) is 0 Å². The zero-order valence-corrected chi connectivity index (χ0v) is 10.7. The summed E-state index contributed by atoms with van der Waals surface area (Å²) in [5, 5.41) is 0.729. The molecule has 0 radical (unpaired) electrons. The van der Waals surface area contributed by atoms with Crippen molar-refractivity contribution in [2.24, 2.45) is 5.73 Å². The second kappa shape index (κ2) is 4.55. The molecule has 2 rings (SSSR count). The maximum absolute atomic E-state index is 6.06. The lowest BCUT2D eigenvalue weighted by molar-refractivity contribution is 0.562. The van der Waals surface area contributed by atoms with Gasteiger partial charge in [0.05, 0.1) is 23.6 Å². The molecule has 15 heavy (non-hydrogen) atoms. The van der Waals surface area contributed by atoms with Gasteiger partial charge >= 0.3 is 0 Å². The van der Waals surface area contributed by atoms with Crippen molar-refractivity contribution < 1.29 is 4.42 Å². The number of furan rings is 1. The summed E-state index contributed by atoms with van der Waals surface area (Å²) >= 11 is 8.22. The van der Waals surface area contributed by atoms with Crippen molar-refractivity contribution in [3.05, 3.63) is 56.5 Å². The molecule has 0 aliphatic rings. The summed E-state index contributed by atoms with van der Waals surface area (Å²) in [6.07, 6.45) is 3.26. The molecule has 78 valence electrons. The standard InChI is InChI=1S/C11H9ClINO/c12-9-5-7(1-2-10(9)13)11(14)8-3-4-15-6-8/h1-6,11H,14H2. The van der Waals surface area contributed by atoms with Gasteiger partial charge in [-0.1, -0.05) is 17.7 Å². The molecule has 0 saturated carbocycles. The van der Waals surface area contributed by atoms with E-state index >= 15 is 0 Å². The smallest absolute Gasteiger partial charge is 0.0953 e. The van der Waals surface area contributed by atoms with Gasteiger partial charge in [0, 0.05) is 9.13 Å². The van der Waals surface area contributed by atoms with Gasteiger partial charge in [-0.2, -0.15) is 0 Å². The van der Waals surface area contributed by atoms with Gasteiger partial charge in [0.15, 0.2) is 0 Å². The second-order valence-electron chi connectivity index (χ2n) is 3.21. The monoisotopic (exact) mass is 333 g/mol. The SMILES string of the molecule is NC(c1ccoc1)c1ccc(I)c(Cl)c1. The lowest BCUT2D eigenvalue weighted by atomic mass is 10.0. The van der Waals surface area contributed by atoms with E-state index in [0.717, 1.165) is 19.7 Å². The van der Waals surface area contributed by atoms with Crippen molar-refractivity contribution in [1.29, 1.82) is 0 Å². The van der Waals surface area contributed by atoms with Crippen LogP contribution in [0, 0.1) is 3.57 Å². The van der Waals surface area contributed by atoms with Crippen LogP contribution in [0.2, 0.25) is 5.02 Å². The molecule has 0 aliphatic heterocycles. The van der Waals surface area contributed by atoms with Crippen molar-refractivity contribution >= 4 is 34.2 Å². The Morgan fingerprint density at radius 1 is 1.27 bits per heavy atom. The summed E-state index contributed by atoms with van der Waals surface area (Å²) in [5.41, 5.74) is 8.00. The van der Waals surface area contributed by atoms with Crippen molar-refractivity contribution in [1.82, 2.24) is 0 Å². The molecular formula is C11H9ClINO. The molecule has 1 heterocycles. The predicted molar refractivity (Wildman–Crippen MR) is 68.9 cm³/mol. The van der Waals surface area contributed by atoms with E-state index in [2.05, 4.69) is 22.6 Å². The van der Waals surface area contributed by atoms with Crippen LogP contribution in [0.4, 0.5) is 0 Å². The third-order valence-electron chi connectivity index (χ3n) is 2.21. The van der Waals surface area contributed by atoms with Crippen LogP contribution < -0.4 is 5.73 Å². The molecule has 1 unspecified atom stereocenters. The maximum atomic E-state index is 6.06. The van der Waals surface area contributed by atoms with E-state index in [9.17, 15) is 0 Å². The largest absolute Gasteiger partial charge is 0.472 e. The van der Waals surface area contributed by atoms with Crippen LogP contribution in [-0.2, 0) is 0 Å². The number of hydrogen-bond donors (Lipinski definition) is 1. The predicted octanol–water partition coefficient (Wildman–Crippen LogP) is 3.59. The van der Waals surface area contributed by atoms with Gasteiger partial charge in [0.1, 0.15) is 0 Å². The molecule has 0 saturated heterocycles. The van der Waals surface area contributed by atoms with E-state index < -0.39 is 0 Å². The van der Waals surface area contributed by atoms with Crippen LogP contribution in [0.5, 0.6) is 0 Å². The Morgan fingerprint density at radius 3 is 2.67 bits per heavy atom. The second-order valence-corrected chi connectivity index (χ2v) is 4.78. The molecule has 2 N–H and O–H groups in total. The molecule has 1 atom stereocenters. The van der Waals surface area contributed by atoms with Crippen LogP contribution in [0.3, 0.4) is 0 Å². The number of hydrogen-bond acceptors (Lipinski definition) is 2. The molecule has 2 aromatic rings. The summed E-state index contributed by atoms with van der Waals surface area (Å²) in [5.74, 6) is 0. The van der Waals surface area contributed by atoms with Crippen LogP contribution in [-0.4, -0.2) is 0 Å². The molecule has 4 heteroatoms. The Balaban J connectivity index is 2.34. The van der Waals surface area contributed by atoms with Crippen LogP contribution in [0.1, 0.15) is 17.2 Å². The minimum atomic E-state index is -0.182. The normalized spacial score (nSPS) is 12.7. The quantitative estimate of drug-likeness (QED) is 0.853.